The lowest BCUT2D eigenvalue weighted by Crippen LogP contribution is -2.64. The van der Waals surface area contributed by atoms with Crippen LogP contribution in [0, 0.1) is 10.1 Å². The zero-order valence-corrected chi connectivity index (χ0v) is 16.8. The molecular formula is C16H23N2O9P. The summed E-state index contributed by atoms with van der Waals surface area (Å²) < 4.78 is 48.4. The van der Waals surface area contributed by atoms with Gasteiger partial charge in [-0.05, 0) is 19.2 Å². The SMILES string of the molecule is CO[C@H]1O[C@@H]2CN(C)[P@@](=O)(Oc3ccc([N+](=O)[O-])cc3)O[C@H]2[C@H](OC)[C@H]1OC. The van der Waals surface area contributed by atoms with Crippen LogP contribution < -0.4 is 4.52 Å². The molecular weight excluding hydrogens is 395 g/mol. The summed E-state index contributed by atoms with van der Waals surface area (Å²) in [5, 5.41) is 10.8. The topological polar surface area (TPSA) is 119 Å². The van der Waals surface area contributed by atoms with E-state index in [4.69, 9.17) is 28.0 Å². The molecule has 2 aliphatic heterocycles. The lowest BCUT2D eigenvalue weighted by atomic mass is 9.98. The molecule has 28 heavy (non-hydrogen) atoms. The number of fused-ring (bicyclic) bond motifs is 1. The van der Waals surface area contributed by atoms with Crippen LogP contribution in [0.3, 0.4) is 0 Å². The van der Waals surface area contributed by atoms with Crippen molar-refractivity contribution in [2.24, 2.45) is 0 Å². The van der Waals surface area contributed by atoms with E-state index < -0.39 is 43.4 Å². The Morgan fingerprint density at radius 3 is 2.32 bits per heavy atom. The number of non-ortho nitro benzene ring substituents is 1. The Labute approximate surface area is 162 Å². The van der Waals surface area contributed by atoms with Gasteiger partial charge in [0.15, 0.2) is 6.29 Å². The number of nitro benzene ring substituents is 1. The normalized spacial score (nSPS) is 35.9. The highest BCUT2D eigenvalue weighted by atomic mass is 31.2. The second kappa shape index (κ2) is 8.42. The van der Waals surface area contributed by atoms with E-state index in [9.17, 15) is 14.7 Å². The van der Waals surface area contributed by atoms with Gasteiger partial charge in [0, 0.05) is 40.0 Å². The molecule has 12 heteroatoms. The fourth-order valence-electron chi connectivity index (χ4n) is 3.31. The van der Waals surface area contributed by atoms with Crippen molar-refractivity contribution in [3.8, 4) is 5.75 Å². The molecule has 156 valence electrons. The highest BCUT2D eigenvalue weighted by molar-refractivity contribution is 7.51. The van der Waals surface area contributed by atoms with E-state index in [0.717, 1.165) is 0 Å². The van der Waals surface area contributed by atoms with Crippen LogP contribution in [-0.2, 0) is 28.0 Å². The van der Waals surface area contributed by atoms with Gasteiger partial charge < -0.3 is 23.5 Å². The summed E-state index contributed by atoms with van der Waals surface area (Å²) in [4.78, 5) is 10.3. The van der Waals surface area contributed by atoms with Gasteiger partial charge in [0.2, 0.25) is 0 Å². The summed E-state index contributed by atoms with van der Waals surface area (Å²) in [6.07, 6.45) is -3.06. The van der Waals surface area contributed by atoms with Gasteiger partial charge in [-0.15, -0.1) is 0 Å². The number of likely N-dealkylation sites (N-methyl/N-ethyl adjacent to an activating group) is 1. The maximum absolute atomic E-state index is 13.4. The summed E-state index contributed by atoms with van der Waals surface area (Å²) in [6, 6.07) is 5.26. The molecule has 0 radical (unpaired) electrons. The molecule has 2 aliphatic rings. The Morgan fingerprint density at radius 1 is 1.14 bits per heavy atom. The molecule has 0 aliphatic carbocycles. The summed E-state index contributed by atoms with van der Waals surface area (Å²) in [5.74, 6) is 0.183. The Kier molecular flexibility index (Phi) is 6.35. The molecule has 0 spiro atoms. The third-order valence-corrected chi connectivity index (χ3v) is 6.70. The number of nitro groups is 1. The molecule has 2 heterocycles. The molecule has 0 N–H and O–H groups in total. The van der Waals surface area contributed by atoms with Crippen molar-refractivity contribution in [1.82, 2.24) is 4.67 Å². The lowest BCUT2D eigenvalue weighted by molar-refractivity contribution is -0.384. The van der Waals surface area contributed by atoms with E-state index in [1.165, 1.54) is 50.3 Å². The Morgan fingerprint density at radius 2 is 1.79 bits per heavy atom. The number of methoxy groups -OCH3 is 3. The monoisotopic (exact) mass is 418 g/mol. The molecule has 1 aromatic rings. The average molecular weight is 418 g/mol. The van der Waals surface area contributed by atoms with Gasteiger partial charge in [0.1, 0.15) is 30.2 Å². The number of hydrogen-bond acceptors (Lipinski definition) is 9. The molecule has 2 fully saturated rings. The minimum Gasteiger partial charge on any atom is -0.413 e. The molecule has 0 unspecified atom stereocenters. The van der Waals surface area contributed by atoms with Crippen molar-refractivity contribution < 1.29 is 37.5 Å². The number of ether oxygens (including phenoxy) is 4. The standard InChI is InChI=1S/C16H23N2O9P/c1-17-9-12-13(14(22-2)15(23-3)16(24-4)25-12)27-28(17,21)26-11-7-5-10(6-8-11)18(19)20/h5-8,12-16H,9H2,1-4H3/t12-,13-,14+,15-,16+,28-/m1/s1. The Balaban J connectivity index is 1.82. The van der Waals surface area contributed by atoms with Crippen LogP contribution in [0.2, 0.25) is 0 Å². The minimum absolute atomic E-state index is 0.0997. The highest BCUT2D eigenvalue weighted by Gasteiger charge is 2.55. The number of rotatable bonds is 6. The fraction of sp³-hybridized carbons (Fsp3) is 0.625. The molecule has 6 atom stereocenters. The molecule has 1 aromatic carbocycles. The Bertz CT molecular complexity index is 746. The van der Waals surface area contributed by atoms with E-state index in [0.29, 0.717) is 0 Å². The number of hydrogen-bond donors (Lipinski definition) is 0. The zero-order chi connectivity index (χ0) is 20.5. The predicted octanol–water partition coefficient (Wildman–Crippen LogP) is 1.81. The molecule has 0 aromatic heterocycles. The van der Waals surface area contributed by atoms with E-state index >= 15 is 0 Å². The van der Waals surface area contributed by atoms with Crippen LogP contribution in [0.5, 0.6) is 5.75 Å². The van der Waals surface area contributed by atoms with Crippen LogP contribution >= 0.6 is 7.75 Å². The Hall–Kier alpha value is -1.59. The summed E-state index contributed by atoms with van der Waals surface area (Å²) in [7, 11) is 2.31. The van der Waals surface area contributed by atoms with Gasteiger partial charge in [-0.2, -0.15) is 4.67 Å². The first-order valence-electron chi connectivity index (χ1n) is 8.51. The van der Waals surface area contributed by atoms with Crippen molar-refractivity contribution >= 4 is 13.4 Å². The fourth-order valence-corrected chi connectivity index (χ4v) is 4.96. The zero-order valence-electron chi connectivity index (χ0n) is 15.9. The van der Waals surface area contributed by atoms with E-state index in [2.05, 4.69) is 0 Å². The summed E-state index contributed by atoms with van der Waals surface area (Å²) in [5.41, 5.74) is -0.0997. The summed E-state index contributed by atoms with van der Waals surface area (Å²) >= 11 is 0. The lowest BCUT2D eigenvalue weighted by Gasteiger charge is -2.49. The predicted molar refractivity (Wildman–Crippen MR) is 96.1 cm³/mol. The maximum Gasteiger partial charge on any atom is 0.461 e. The molecule has 0 bridgehead atoms. The first-order valence-corrected chi connectivity index (χ1v) is 10.0. The van der Waals surface area contributed by atoms with E-state index in [-0.39, 0.29) is 18.0 Å². The summed E-state index contributed by atoms with van der Waals surface area (Å²) in [6.45, 7) is 0.241. The molecule has 0 amide bonds. The maximum atomic E-state index is 13.4. The van der Waals surface area contributed by atoms with Crippen molar-refractivity contribution in [3.05, 3.63) is 34.4 Å². The third kappa shape index (κ3) is 3.92. The largest absolute Gasteiger partial charge is 0.461 e. The molecule has 3 rings (SSSR count). The van der Waals surface area contributed by atoms with Gasteiger partial charge in [-0.25, -0.2) is 4.57 Å². The van der Waals surface area contributed by atoms with E-state index in [1.54, 1.807) is 7.05 Å². The number of benzene rings is 1. The second-order valence-electron chi connectivity index (χ2n) is 6.40. The molecule has 0 saturated carbocycles. The molecule has 11 nitrogen and oxygen atoms in total. The first-order chi connectivity index (χ1) is 13.3. The minimum atomic E-state index is -3.76. The van der Waals surface area contributed by atoms with Crippen molar-refractivity contribution in [2.75, 3.05) is 34.9 Å². The van der Waals surface area contributed by atoms with Gasteiger partial charge in [-0.3, -0.25) is 14.6 Å². The third-order valence-electron chi connectivity index (χ3n) is 4.75. The molecule has 2 saturated heterocycles. The van der Waals surface area contributed by atoms with Crippen molar-refractivity contribution in [1.29, 1.82) is 0 Å². The highest BCUT2D eigenvalue weighted by Crippen LogP contribution is 2.56. The smallest absolute Gasteiger partial charge is 0.413 e. The van der Waals surface area contributed by atoms with Gasteiger partial charge in [-0.1, -0.05) is 0 Å². The van der Waals surface area contributed by atoms with Crippen molar-refractivity contribution in [2.45, 2.75) is 30.7 Å². The first kappa shape index (κ1) is 21.1. The second-order valence-corrected chi connectivity index (χ2v) is 8.41. The van der Waals surface area contributed by atoms with Crippen LogP contribution in [-0.4, -0.2) is 75.2 Å². The van der Waals surface area contributed by atoms with Gasteiger partial charge in [0.05, 0.1) is 4.92 Å². The van der Waals surface area contributed by atoms with E-state index in [1.807, 2.05) is 0 Å². The average Bonchev–Trinajstić information content (AvgIpc) is 2.68. The van der Waals surface area contributed by atoms with Gasteiger partial charge in [0.25, 0.3) is 5.69 Å². The van der Waals surface area contributed by atoms with Crippen LogP contribution in [0.1, 0.15) is 0 Å². The van der Waals surface area contributed by atoms with Crippen LogP contribution in [0.4, 0.5) is 5.69 Å². The van der Waals surface area contributed by atoms with Crippen molar-refractivity contribution in [3.63, 3.8) is 0 Å². The quantitative estimate of drug-likeness (QED) is 0.384. The van der Waals surface area contributed by atoms with Crippen LogP contribution in [0.25, 0.3) is 0 Å². The number of nitrogens with zero attached hydrogens (tertiary/aromatic N) is 2. The van der Waals surface area contributed by atoms with Crippen LogP contribution in [0.15, 0.2) is 24.3 Å². The van der Waals surface area contributed by atoms with Gasteiger partial charge >= 0.3 is 7.75 Å².